The highest BCUT2D eigenvalue weighted by molar-refractivity contribution is 5.49. The van der Waals surface area contributed by atoms with Crippen LogP contribution in [0.5, 0.6) is 0 Å². The second-order valence-corrected chi connectivity index (χ2v) is 7.94. The second-order valence-electron chi connectivity index (χ2n) is 7.94. The van der Waals surface area contributed by atoms with Gasteiger partial charge in [-0.15, -0.1) is 6.58 Å². The maximum absolute atomic E-state index is 5.74. The number of rotatable bonds is 9. The van der Waals surface area contributed by atoms with Gasteiger partial charge in [0.05, 0.1) is 6.61 Å². The molecule has 0 bridgehead atoms. The Morgan fingerprint density at radius 2 is 1.46 bits per heavy atom. The van der Waals surface area contributed by atoms with Crippen LogP contribution < -0.4 is 0 Å². The molecule has 0 aliphatic heterocycles. The van der Waals surface area contributed by atoms with Crippen LogP contribution in [0.15, 0.2) is 67.3 Å². The van der Waals surface area contributed by atoms with Gasteiger partial charge in [0.15, 0.2) is 0 Å². The summed E-state index contributed by atoms with van der Waals surface area (Å²) in [6.45, 7) is 7.34. The molecule has 1 heteroatoms. The highest BCUT2D eigenvalue weighted by Gasteiger charge is 2.23. The van der Waals surface area contributed by atoms with Gasteiger partial charge in [0.25, 0.3) is 0 Å². The normalized spacial score (nSPS) is 19.8. The Bertz CT molecular complexity index is 731. The van der Waals surface area contributed by atoms with Gasteiger partial charge in [-0.3, -0.25) is 0 Å². The molecule has 2 aromatic rings. The number of hydrogen-bond donors (Lipinski definition) is 0. The maximum atomic E-state index is 5.74. The van der Waals surface area contributed by atoms with Crippen LogP contribution in [-0.4, -0.2) is 6.61 Å². The molecule has 0 amide bonds. The summed E-state index contributed by atoms with van der Waals surface area (Å²) in [6.07, 6.45) is 13.5. The minimum atomic E-state index is 0.709. The van der Waals surface area contributed by atoms with Crippen LogP contribution >= 0.6 is 0 Å². The molecule has 28 heavy (non-hydrogen) atoms. The first-order chi connectivity index (χ1) is 13.8. The summed E-state index contributed by atoms with van der Waals surface area (Å²) in [6, 6.07) is 18.3. The smallest absolute Gasteiger partial charge is 0.0716 e. The standard InChI is InChI=1S/C27H34O/c1-3-5-6-20-28-21-23-10-14-25(15-11-23)27-18-16-26(17-19-27)24-12-8-22(7-4-2)9-13-24/h3-4,7-15,26-27H,1,5-6,16-21H2,2H3. The van der Waals surface area contributed by atoms with Crippen molar-refractivity contribution in [3.8, 4) is 0 Å². The molecule has 1 fully saturated rings. The van der Waals surface area contributed by atoms with Crippen LogP contribution in [0.4, 0.5) is 0 Å². The summed E-state index contributed by atoms with van der Waals surface area (Å²) in [7, 11) is 0. The molecule has 148 valence electrons. The maximum Gasteiger partial charge on any atom is 0.0716 e. The fraction of sp³-hybridized carbons (Fsp3) is 0.407. The molecule has 3 rings (SSSR count). The fourth-order valence-electron chi connectivity index (χ4n) is 4.24. The van der Waals surface area contributed by atoms with Gasteiger partial charge in [-0.2, -0.15) is 0 Å². The van der Waals surface area contributed by atoms with Gasteiger partial charge in [0.2, 0.25) is 0 Å². The third-order valence-electron chi connectivity index (χ3n) is 5.91. The van der Waals surface area contributed by atoms with E-state index in [-0.39, 0.29) is 0 Å². The highest BCUT2D eigenvalue weighted by Crippen LogP contribution is 2.40. The summed E-state index contributed by atoms with van der Waals surface area (Å²) < 4.78 is 5.74. The number of benzene rings is 2. The molecule has 0 unspecified atom stereocenters. The van der Waals surface area contributed by atoms with E-state index in [1.54, 1.807) is 0 Å². The average molecular weight is 375 g/mol. The van der Waals surface area contributed by atoms with E-state index >= 15 is 0 Å². The Labute approximate surface area is 171 Å². The van der Waals surface area contributed by atoms with Gasteiger partial charge in [0.1, 0.15) is 0 Å². The van der Waals surface area contributed by atoms with Crippen LogP contribution in [0.3, 0.4) is 0 Å². The first-order valence-corrected chi connectivity index (χ1v) is 10.8. The van der Waals surface area contributed by atoms with Crippen molar-refractivity contribution in [2.24, 2.45) is 0 Å². The highest BCUT2D eigenvalue weighted by atomic mass is 16.5. The Balaban J connectivity index is 1.47. The zero-order valence-corrected chi connectivity index (χ0v) is 17.3. The summed E-state index contributed by atoms with van der Waals surface area (Å²) in [5.41, 5.74) is 5.58. The lowest BCUT2D eigenvalue weighted by Gasteiger charge is -2.29. The summed E-state index contributed by atoms with van der Waals surface area (Å²) >= 11 is 0. The zero-order chi connectivity index (χ0) is 19.6. The molecular weight excluding hydrogens is 340 g/mol. The van der Waals surface area contributed by atoms with Crippen molar-refractivity contribution in [3.63, 3.8) is 0 Å². The molecule has 1 aliphatic rings. The van der Waals surface area contributed by atoms with Crippen LogP contribution in [-0.2, 0) is 11.3 Å². The lowest BCUT2D eigenvalue weighted by Crippen LogP contribution is -2.12. The number of ether oxygens (including phenoxy) is 1. The van der Waals surface area contributed by atoms with Crippen LogP contribution in [0, 0.1) is 0 Å². The topological polar surface area (TPSA) is 9.23 Å². The molecule has 2 aromatic carbocycles. The van der Waals surface area contributed by atoms with Gasteiger partial charge in [-0.05, 0) is 79.5 Å². The third-order valence-corrected chi connectivity index (χ3v) is 5.91. The van der Waals surface area contributed by atoms with E-state index in [9.17, 15) is 0 Å². The van der Waals surface area contributed by atoms with E-state index in [0.717, 1.165) is 25.4 Å². The molecule has 1 saturated carbocycles. The second kappa shape index (κ2) is 11.0. The minimum Gasteiger partial charge on any atom is -0.377 e. The molecule has 0 aromatic heterocycles. The predicted molar refractivity (Wildman–Crippen MR) is 121 cm³/mol. The van der Waals surface area contributed by atoms with Crippen molar-refractivity contribution in [1.82, 2.24) is 0 Å². The predicted octanol–water partition coefficient (Wildman–Crippen LogP) is 7.64. The van der Waals surface area contributed by atoms with Crippen LogP contribution in [0.2, 0.25) is 0 Å². The zero-order valence-electron chi connectivity index (χ0n) is 17.3. The van der Waals surface area contributed by atoms with Crippen LogP contribution in [0.25, 0.3) is 6.08 Å². The minimum absolute atomic E-state index is 0.709. The van der Waals surface area contributed by atoms with E-state index in [2.05, 4.69) is 74.2 Å². The largest absolute Gasteiger partial charge is 0.377 e. The lowest BCUT2D eigenvalue weighted by molar-refractivity contribution is 0.119. The van der Waals surface area contributed by atoms with Gasteiger partial charge in [-0.1, -0.05) is 66.8 Å². The van der Waals surface area contributed by atoms with Crippen molar-refractivity contribution >= 4 is 6.08 Å². The Morgan fingerprint density at radius 3 is 2.00 bits per heavy atom. The Kier molecular flexibility index (Phi) is 8.11. The number of unbranched alkanes of at least 4 members (excludes halogenated alkanes) is 1. The van der Waals surface area contributed by atoms with Crippen LogP contribution in [0.1, 0.15) is 79.5 Å². The average Bonchev–Trinajstić information content (AvgIpc) is 2.75. The van der Waals surface area contributed by atoms with Crippen molar-refractivity contribution < 1.29 is 4.74 Å². The molecule has 0 N–H and O–H groups in total. The molecule has 1 aliphatic carbocycles. The molecule has 0 heterocycles. The Morgan fingerprint density at radius 1 is 0.893 bits per heavy atom. The summed E-state index contributed by atoms with van der Waals surface area (Å²) in [5, 5.41) is 0. The molecule has 0 saturated heterocycles. The van der Waals surface area contributed by atoms with Crippen molar-refractivity contribution in [3.05, 3.63) is 89.5 Å². The quantitative estimate of drug-likeness (QED) is 0.323. The lowest BCUT2D eigenvalue weighted by atomic mass is 9.76. The van der Waals surface area contributed by atoms with E-state index in [1.165, 1.54) is 47.9 Å². The fourth-order valence-corrected chi connectivity index (χ4v) is 4.24. The molecule has 0 radical (unpaired) electrons. The molecule has 0 spiro atoms. The van der Waals surface area contributed by atoms with E-state index in [1.807, 2.05) is 6.08 Å². The van der Waals surface area contributed by atoms with Crippen molar-refractivity contribution in [2.45, 2.75) is 63.9 Å². The monoisotopic (exact) mass is 374 g/mol. The first-order valence-electron chi connectivity index (χ1n) is 10.8. The van der Waals surface area contributed by atoms with E-state index in [4.69, 9.17) is 4.74 Å². The summed E-state index contributed by atoms with van der Waals surface area (Å²) in [4.78, 5) is 0. The SMILES string of the molecule is C=CCCCOCc1ccc(C2CCC(c3ccc(C=CC)cc3)CC2)cc1. The van der Waals surface area contributed by atoms with Gasteiger partial charge >= 0.3 is 0 Å². The van der Waals surface area contributed by atoms with Gasteiger partial charge in [-0.25, -0.2) is 0 Å². The number of allylic oxidation sites excluding steroid dienone is 2. The number of hydrogen-bond acceptors (Lipinski definition) is 1. The van der Waals surface area contributed by atoms with E-state index in [0.29, 0.717) is 12.5 Å². The first kappa shape index (κ1) is 20.6. The summed E-state index contributed by atoms with van der Waals surface area (Å²) in [5.74, 6) is 1.43. The Hall–Kier alpha value is -2.12. The van der Waals surface area contributed by atoms with Gasteiger partial charge < -0.3 is 4.74 Å². The van der Waals surface area contributed by atoms with Crippen molar-refractivity contribution in [1.29, 1.82) is 0 Å². The van der Waals surface area contributed by atoms with Gasteiger partial charge in [0, 0.05) is 6.61 Å². The molecule has 1 nitrogen and oxygen atoms in total. The van der Waals surface area contributed by atoms with Crippen molar-refractivity contribution in [2.75, 3.05) is 6.61 Å². The third kappa shape index (κ3) is 5.94. The molecule has 0 atom stereocenters. The molecular formula is C27H34O. The van der Waals surface area contributed by atoms with E-state index < -0.39 is 0 Å².